The van der Waals surface area contributed by atoms with Gasteiger partial charge in [-0.2, -0.15) is 0 Å². The Bertz CT molecular complexity index is 532. The number of nitrogens with two attached hydrogens (primary N) is 1. The molecule has 2 N–H and O–H groups in total. The lowest BCUT2D eigenvalue weighted by Crippen LogP contribution is -2.55. The largest absolute Gasteiger partial charge is 0.342 e. The normalized spacial score (nSPS) is 22.1. The highest BCUT2D eigenvalue weighted by molar-refractivity contribution is 5.85. The second-order valence-corrected chi connectivity index (χ2v) is 8.08. The second-order valence-electron chi connectivity index (χ2n) is 8.08. The molecular weight excluding hydrogens is 393 g/mol. The van der Waals surface area contributed by atoms with Crippen molar-refractivity contribution in [1.82, 2.24) is 9.80 Å². The summed E-state index contributed by atoms with van der Waals surface area (Å²) in [7, 11) is 2.01. The Morgan fingerprint density at radius 2 is 1.61 bits per heavy atom. The molecule has 2 unspecified atom stereocenters. The fraction of sp³-hybridized carbons (Fsp3) is 0.682. The van der Waals surface area contributed by atoms with Gasteiger partial charge >= 0.3 is 0 Å². The molecule has 0 spiro atoms. The standard InChI is InChI=1S/C22H37N3O.2ClH/c1-18-15-25(17-20-11-7-6-8-12-20)16-19(2)22(18)24(3)21(26)13-9-4-5-10-14-23;;/h6-8,11-12,18-19,22H,4-5,9-10,13-17,23H2,1-3H3;2*1H. The lowest BCUT2D eigenvalue weighted by Gasteiger charge is -2.45. The van der Waals surface area contributed by atoms with Crippen LogP contribution < -0.4 is 5.73 Å². The van der Waals surface area contributed by atoms with E-state index in [0.717, 1.165) is 51.9 Å². The summed E-state index contributed by atoms with van der Waals surface area (Å²) in [6.07, 6.45) is 4.97. The Morgan fingerprint density at radius 1 is 1.04 bits per heavy atom. The number of unbranched alkanes of at least 4 members (excludes halogenated alkanes) is 3. The van der Waals surface area contributed by atoms with Gasteiger partial charge in [-0.15, -0.1) is 24.8 Å². The molecule has 2 rings (SSSR count). The number of hydrogen-bond acceptors (Lipinski definition) is 3. The number of halogens is 2. The molecule has 0 bridgehead atoms. The number of nitrogens with zero attached hydrogens (tertiary/aromatic N) is 2. The van der Waals surface area contributed by atoms with Gasteiger partial charge in [0, 0.05) is 39.1 Å². The van der Waals surface area contributed by atoms with E-state index in [1.165, 1.54) is 5.56 Å². The fourth-order valence-electron chi connectivity index (χ4n) is 4.52. The minimum absolute atomic E-state index is 0. The molecule has 1 aromatic carbocycles. The maximum absolute atomic E-state index is 12.6. The van der Waals surface area contributed by atoms with Crippen molar-refractivity contribution < 1.29 is 4.79 Å². The number of likely N-dealkylation sites (tertiary alicyclic amines) is 1. The summed E-state index contributed by atoms with van der Waals surface area (Å²) in [5.74, 6) is 1.29. The third kappa shape index (κ3) is 8.28. The van der Waals surface area contributed by atoms with Crippen molar-refractivity contribution in [3.05, 3.63) is 35.9 Å². The highest BCUT2D eigenvalue weighted by atomic mass is 35.5. The molecule has 28 heavy (non-hydrogen) atoms. The van der Waals surface area contributed by atoms with E-state index in [9.17, 15) is 4.79 Å². The highest BCUT2D eigenvalue weighted by Gasteiger charge is 2.35. The maximum Gasteiger partial charge on any atom is 0.222 e. The van der Waals surface area contributed by atoms with Crippen LogP contribution in [0.5, 0.6) is 0 Å². The first kappa shape index (κ1) is 27.2. The lowest BCUT2D eigenvalue weighted by molar-refractivity contribution is -0.135. The van der Waals surface area contributed by atoms with Gasteiger partial charge in [0.05, 0.1) is 0 Å². The first-order valence-electron chi connectivity index (χ1n) is 10.2. The number of carbonyl (C=O) groups is 1. The SMILES string of the molecule is CC1CN(Cc2ccccc2)CC(C)C1N(C)C(=O)CCCCCCN.Cl.Cl. The lowest BCUT2D eigenvalue weighted by atomic mass is 9.84. The molecule has 2 atom stereocenters. The predicted molar refractivity (Wildman–Crippen MR) is 123 cm³/mol. The van der Waals surface area contributed by atoms with Gasteiger partial charge in [0.15, 0.2) is 0 Å². The third-order valence-electron chi connectivity index (χ3n) is 5.69. The predicted octanol–water partition coefficient (Wildman–Crippen LogP) is 4.35. The van der Waals surface area contributed by atoms with E-state index in [1.54, 1.807) is 0 Å². The van der Waals surface area contributed by atoms with Crippen molar-refractivity contribution in [3.63, 3.8) is 0 Å². The third-order valence-corrected chi connectivity index (χ3v) is 5.69. The smallest absolute Gasteiger partial charge is 0.222 e. The maximum atomic E-state index is 12.6. The summed E-state index contributed by atoms with van der Waals surface area (Å²) in [5.41, 5.74) is 6.90. The molecule has 0 aliphatic carbocycles. The van der Waals surface area contributed by atoms with Gasteiger partial charge in [0.2, 0.25) is 5.91 Å². The number of hydrogen-bond donors (Lipinski definition) is 1. The molecule has 1 amide bonds. The summed E-state index contributed by atoms with van der Waals surface area (Å²) in [5, 5.41) is 0. The average Bonchev–Trinajstić information content (AvgIpc) is 2.61. The van der Waals surface area contributed by atoms with Gasteiger partial charge < -0.3 is 10.6 Å². The van der Waals surface area contributed by atoms with Gasteiger partial charge in [0.25, 0.3) is 0 Å². The fourth-order valence-corrected chi connectivity index (χ4v) is 4.52. The number of carbonyl (C=O) groups excluding carboxylic acids is 1. The monoisotopic (exact) mass is 431 g/mol. The second kappa shape index (κ2) is 14.2. The van der Waals surface area contributed by atoms with Crippen molar-refractivity contribution in [2.45, 2.75) is 58.5 Å². The van der Waals surface area contributed by atoms with E-state index in [0.29, 0.717) is 30.2 Å². The van der Waals surface area contributed by atoms with Gasteiger partial charge in [-0.25, -0.2) is 0 Å². The summed E-state index contributed by atoms with van der Waals surface area (Å²) >= 11 is 0. The summed E-state index contributed by atoms with van der Waals surface area (Å²) in [4.78, 5) is 17.2. The number of piperidine rings is 1. The van der Waals surface area contributed by atoms with Crippen molar-refractivity contribution >= 4 is 30.7 Å². The van der Waals surface area contributed by atoms with E-state index in [-0.39, 0.29) is 24.8 Å². The van der Waals surface area contributed by atoms with Crippen LogP contribution in [-0.2, 0) is 11.3 Å². The van der Waals surface area contributed by atoms with E-state index < -0.39 is 0 Å². The first-order valence-corrected chi connectivity index (χ1v) is 10.2. The van der Waals surface area contributed by atoms with Gasteiger partial charge in [0.1, 0.15) is 0 Å². The van der Waals surface area contributed by atoms with E-state index in [1.807, 2.05) is 11.9 Å². The van der Waals surface area contributed by atoms with Crippen molar-refractivity contribution in [2.24, 2.45) is 17.6 Å². The van der Waals surface area contributed by atoms with Crippen LogP contribution in [0.4, 0.5) is 0 Å². The molecule has 1 aromatic rings. The Labute approximate surface area is 184 Å². The zero-order chi connectivity index (χ0) is 18.9. The average molecular weight is 432 g/mol. The molecule has 1 heterocycles. The van der Waals surface area contributed by atoms with E-state index in [4.69, 9.17) is 5.73 Å². The van der Waals surface area contributed by atoms with Crippen LogP contribution >= 0.6 is 24.8 Å². The molecule has 1 aliphatic rings. The molecule has 162 valence electrons. The van der Waals surface area contributed by atoms with E-state index >= 15 is 0 Å². The van der Waals surface area contributed by atoms with Crippen molar-refractivity contribution in [1.29, 1.82) is 0 Å². The van der Waals surface area contributed by atoms with Crippen molar-refractivity contribution in [3.8, 4) is 0 Å². The van der Waals surface area contributed by atoms with Crippen LogP contribution in [0.1, 0.15) is 51.5 Å². The zero-order valence-corrected chi connectivity index (χ0v) is 19.3. The number of benzene rings is 1. The molecule has 0 aromatic heterocycles. The highest BCUT2D eigenvalue weighted by Crippen LogP contribution is 2.28. The van der Waals surface area contributed by atoms with Gasteiger partial charge in [-0.05, 0) is 36.8 Å². The van der Waals surface area contributed by atoms with Crippen LogP contribution in [0.15, 0.2) is 30.3 Å². The minimum Gasteiger partial charge on any atom is -0.342 e. The Balaban J connectivity index is 0.00000364. The molecule has 1 fully saturated rings. The summed E-state index contributed by atoms with van der Waals surface area (Å²) in [6.45, 7) is 8.45. The number of rotatable bonds is 9. The topological polar surface area (TPSA) is 49.6 Å². The van der Waals surface area contributed by atoms with Crippen LogP contribution in [0.25, 0.3) is 0 Å². The van der Waals surface area contributed by atoms with Crippen molar-refractivity contribution in [2.75, 3.05) is 26.7 Å². The summed E-state index contributed by atoms with van der Waals surface area (Å²) < 4.78 is 0. The van der Waals surface area contributed by atoms with Gasteiger partial charge in [-0.3, -0.25) is 9.69 Å². The number of amides is 1. The summed E-state index contributed by atoms with van der Waals surface area (Å²) in [6, 6.07) is 11.0. The molecule has 0 radical (unpaired) electrons. The van der Waals surface area contributed by atoms with Crippen LogP contribution in [0, 0.1) is 11.8 Å². The molecule has 1 saturated heterocycles. The quantitative estimate of drug-likeness (QED) is 0.590. The molecule has 0 saturated carbocycles. The Kier molecular flexibility index (Phi) is 13.8. The first-order chi connectivity index (χ1) is 12.5. The van der Waals surface area contributed by atoms with Crippen LogP contribution in [-0.4, -0.2) is 48.4 Å². The Hall–Kier alpha value is -0.810. The van der Waals surface area contributed by atoms with Crippen LogP contribution in [0.3, 0.4) is 0 Å². The molecule has 6 heteroatoms. The minimum atomic E-state index is 0. The van der Waals surface area contributed by atoms with Crippen LogP contribution in [0.2, 0.25) is 0 Å². The van der Waals surface area contributed by atoms with Gasteiger partial charge in [-0.1, -0.05) is 57.0 Å². The molecular formula is C22H39Cl2N3O. The zero-order valence-electron chi connectivity index (χ0n) is 17.7. The van der Waals surface area contributed by atoms with E-state index in [2.05, 4.69) is 49.1 Å². The molecule has 4 nitrogen and oxygen atoms in total. The Morgan fingerprint density at radius 3 is 2.18 bits per heavy atom. The molecule has 1 aliphatic heterocycles.